The van der Waals surface area contributed by atoms with Crippen molar-refractivity contribution in [2.75, 3.05) is 6.54 Å². The van der Waals surface area contributed by atoms with Crippen LogP contribution in [0.3, 0.4) is 0 Å². The molecule has 0 aliphatic carbocycles. The van der Waals surface area contributed by atoms with Gasteiger partial charge in [-0.15, -0.1) is 0 Å². The molecule has 0 saturated carbocycles. The van der Waals surface area contributed by atoms with Gasteiger partial charge >= 0.3 is 0 Å². The maximum absolute atomic E-state index is 12.6. The quantitative estimate of drug-likeness (QED) is 0.837. The first-order valence-electron chi connectivity index (χ1n) is 6.75. The van der Waals surface area contributed by atoms with Gasteiger partial charge in [0.2, 0.25) is 0 Å². The number of pyridine rings is 1. The lowest BCUT2D eigenvalue weighted by Gasteiger charge is -2.24. The minimum Gasteiger partial charge on any atom is -0.330 e. The van der Waals surface area contributed by atoms with E-state index in [1.54, 1.807) is 24.8 Å². The van der Waals surface area contributed by atoms with E-state index in [1.807, 2.05) is 24.0 Å². The van der Waals surface area contributed by atoms with Crippen LogP contribution in [0, 0.1) is 6.92 Å². The number of nitrogens with zero attached hydrogens (tertiary/aromatic N) is 4. The van der Waals surface area contributed by atoms with Crippen molar-refractivity contribution in [3.63, 3.8) is 0 Å². The monoisotopic (exact) mass is 268 g/mol. The zero-order valence-electron chi connectivity index (χ0n) is 11.4. The molecule has 1 atom stereocenters. The number of rotatable bonds is 2. The Morgan fingerprint density at radius 3 is 2.85 bits per heavy atom. The fourth-order valence-corrected chi connectivity index (χ4v) is 2.56. The first kappa shape index (κ1) is 12.7. The highest BCUT2D eigenvalue weighted by Gasteiger charge is 2.31. The first-order chi connectivity index (χ1) is 9.75. The van der Waals surface area contributed by atoms with Crippen LogP contribution in [0.1, 0.15) is 40.6 Å². The van der Waals surface area contributed by atoms with E-state index in [9.17, 15) is 4.79 Å². The van der Waals surface area contributed by atoms with Crippen molar-refractivity contribution in [2.45, 2.75) is 25.8 Å². The molecule has 1 aliphatic heterocycles. The fraction of sp³-hybridized carbons (Fsp3) is 0.333. The van der Waals surface area contributed by atoms with Crippen LogP contribution < -0.4 is 0 Å². The summed E-state index contributed by atoms with van der Waals surface area (Å²) in [6.07, 6.45) is 8.63. The van der Waals surface area contributed by atoms with Crippen LogP contribution in [0.5, 0.6) is 0 Å². The molecule has 102 valence electrons. The number of likely N-dealkylation sites (tertiary alicyclic amines) is 1. The van der Waals surface area contributed by atoms with E-state index in [2.05, 4.69) is 15.0 Å². The summed E-state index contributed by atoms with van der Waals surface area (Å²) >= 11 is 0. The van der Waals surface area contributed by atoms with Gasteiger partial charge in [0, 0.05) is 30.8 Å². The maximum Gasteiger partial charge on any atom is 0.255 e. The molecule has 3 rings (SSSR count). The maximum atomic E-state index is 12.6. The third-order valence-electron chi connectivity index (χ3n) is 3.60. The zero-order valence-corrected chi connectivity index (χ0v) is 11.4. The molecule has 0 aromatic carbocycles. The number of hydrogen-bond donors (Lipinski definition) is 0. The average molecular weight is 268 g/mol. The lowest BCUT2D eigenvalue weighted by atomic mass is 10.1. The topological polar surface area (TPSA) is 59.0 Å². The van der Waals surface area contributed by atoms with Crippen LogP contribution in [0.15, 0.2) is 36.9 Å². The van der Waals surface area contributed by atoms with Crippen molar-refractivity contribution < 1.29 is 4.79 Å². The predicted octanol–water partition coefficient (Wildman–Crippen LogP) is 2.16. The Labute approximate surface area is 117 Å². The minimum absolute atomic E-state index is 0.0191. The van der Waals surface area contributed by atoms with Crippen LogP contribution in [0.2, 0.25) is 0 Å². The molecule has 1 saturated heterocycles. The van der Waals surface area contributed by atoms with Gasteiger partial charge in [0.05, 0.1) is 23.5 Å². The molecule has 1 amide bonds. The summed E-state index contributed by atoms with van der Waals surface area (Å²) in [5, 5.41) is 0. The Balaban J connectivity index is 1.85. The van der Waals surface area contributed by atoms with Crippen molar-refractivity contribution in [3.05, 3.63) is 53.9 Å². The number of aromatic nitrogens is 3. The van der Waals surface area contributed by atoms with Gasteiger partial charge in [-0.3, -0.25) is 19.7 Å². The third-order valence-corrected chi connectivity index (χ3v) is 3.60. The molecule has 2 aromatic rings. The molecular formula is C15H16N4O. The molecule has 0 N–H and O–H groups in total. The largest absolute Gasteiger partial charge is 0.330 e. The molecule has 0 bridgehead atoms. The smallest absolute Gasteiger partial charge is 0.255 e. The van der Waals surface area contributed by atoms with Crippen LogP contribution in [0.25, 0.3) is 0 Å². The van der Waals surface area contributed by atoms with E-state index in [-0.39, 0.29) is 11.9 Å². The zero-order chi connectivity index (χ0) is 13.9. The van der Waals surface area contributed by atoms with Crippen LogP contribution in [-0.2, 0) is 0 Å². The summed E-state index contributed by atoms with van der Waals surface area (Å²) in [6, 6.07) is 3.72. The summed E-state index contributed by atoms with van der Waals surface area (Å²) in [4.78, 5) is 27.1. The second-order valence-electron chi connectivity index (χ2n) is 4.98. The van der Waals surface area contributed by atoms with Crippen molar-refractivity contribution in [1.82, 2.24) is 19.9 Å². The van der Waals surface area contributed by atoms with Gasteiger partial charge in [0.15, 0.2) is 0 Å². The highest BCUT2D eigenvalue weighted by molar-refractivity contribution is 5.94. The van der Waals surface area contributed by atoms with Gasteiger partial charge in [-0.25, -0.2) is 0 Å². The molecule has 0 unspecified atom stereocenters. The molecule has 0 spiro atoms. The molecule has 1 fully saturated rings. The molecule has 2 aromatic heterocycles. The third kappa shape index (κ3) is 2.39. The minimum atomic E-state index is 0.0191. The highest BCUT2D eigenvalue weighted by Crippen LogP contribution is 2.31. The lowest BCUT2D eigenvalue weighted by molar-refractivity contribution is 0.0732. The normalized spacial score (nSPS) is 18.2. The van der Waals surface area contributed by atoms with E-state index >= 15 is 0 Å². The Morgan fingerprint density at radius 2 is 2.15 bits per heavy atom. The summed E-state index contributed by atoms with van der Waals surface area (Å²) in [6.45, 7) is 2.67. The summed E-state index contributed by atoms with van der Waals surface area (Å²) < 4.78 is 0. The Bertz CT molecular complexity index is 597. The molecule has 1 aliphatic rings. The van der Waals surface area contributed by atoms with Crippen molar-refractivity contribution in [2.24, 2.45) is 0 Å². The second-order valence-corrected chi connectivity index (χ2v) is 4.98. The van der Waals surface area contributed by atoms with Gasteiger partial charge in [-0.1, -0.05) is 0 Å². The Hall–Kier alpha value is -2.30. The van der Waals surface area contributed by atoms with E-state index in [4.69, 9.17) is 0 Å². The van der Waals surface area contributed by atoms with Gasteiger partial charge < -0.3 is 4.90 Å². The van der Waals surface area contributed by atoms with E-state index in [1.165, 1.54) is 0 Å². The molecule has 20 heavy (non-hydrogen) atoms. The van der Waals surface area contributed by atoms with Gasteiger partial charge in [0.1, 0.15) is 0 Å². The van der Waals surface area contributed by atoms with Gasteiger partial charge in [-0.05, 0) is 31.9 Å². The van der Waals surface area contributed by atoms with E-state index in [0.29, 0.717) is 5.56 Å². The molecular weight excluding hydrogens is 252 g/mol. The average Bonchev–Trinajstić information content (AvgIpc) is 2.97. The molecule has 5 heteroatoms. The van der Waals surface area contributed by atoms with Gasteiger partial charge in [-0.2, -0.15) is 0 Å². The number of aryl methyl sites for hydroxylation is 1. The standard InChI is InChI=1S/C15H16N4O/c1-11-4-5-12(9-18-11)15(20)19-8-2-3-14(19)13-10-16-6-7-17-13/h4-7,9-10,14H,2-3,8H2,1H3/t14-/m0/s1. The SMILES string of the molecule is Cc1ccc(C(=O)N2CCC[C@H]2c2cnccn2)cn1. The summed E-state index contributed by atoms with van der Waals surface area (Å²) in [5.41, 5.74) is 2.40. The van der Waals surface area contributed by atoms with Crippen molar-refractivity contribution >= 4 is 5.91 Å². The number of hydrogen-bond acceptors (Lipinski definition) is 4. The van der Waals surface area contributed by atoms with Crippen LogP contribution in [-0.4, -0.2) is 32.3 Å². The molecule has 5 nitrogen and oxygen atoms in total. The number of carbonyl (C=O) groups excluding carboxylic acids is 1. The number of carbonyl (C=O) groups is 1. The highest BCUT2D eigenvalue weighted by atomic mass is 16.2. The van der Waals surface area contributed by atoms with Gasteiger partial charge in [0.25, 0.3) is 5.91 Å². The first-order valence-corrected chi connectivity index (χ1v) is 6.75. The van der Waals surface area contributed by atoms with Crippen molar-refractivity contribution in [3.8, 4) is 0 Å². The molecule has 0 radical (unpaired) electrons. The second kappa shape index (κ2) is 5.36. The Kier molecular flexibility index (Phi) is 3.41. The Morgan fingerprint density at radius 1 is 1.25 bits per heavy atom. The fourth-order valence-electron chi connectivity index (χ4n) is 2.56. The van der Waals surface area contributed by atoms with E-state index < -0.39 is 0 Å². The van der Waals surface area contributed by atoms with Crippen LogP contribution in [0.4, 0.5) is 0 Å². The summed E-state index contributed by atoms with van der Waals surface area (Å²) in [7, 11) is 0. The lowest BCUT2D eigenvalue weighted by Crippen LogP contribution is -2.31. The number of amides is 1. The van der Waals surface area contributed by atoms with Crippen LogP contribution >= 0.6 is 0 Å². The molecule has 3 heterocycles. The summed E-state index contributed by atoms with van der Waals surface area (Å²) in [5.74, 6) is 0.0191. The van der Waals surface area contributed by atoms with E-state index in [0.717, 1.165) is 30.8 Å². The predicted molar refractivity (Wildman–Crippen MR) is 74.0 cm³/mol. The van der Waals surface area contributed by atoms with Crippen molar-refractivity contribution in [1.29, 1.82) is 0 Å².